The van der Waals surface area contributed by atoms with E-state index in [9.17, 15) is 4.79 Å². The summed E-state index contributed by atoms with van der Waals surface area (Å²) in [4.78, 5) is 14.0. The Balaban J connectivity index is 1.68. The second kappa shape index (κ2) is 6.65. The van der Waals surface area contributed by atoms with Crippen molar-refractivity contribution in [3.8, 4) is 0 Å². The van der Waals surface area contributed by atoms with E-state index in [1.807, 2.05) is 6.92 Å². The van der Waals surface area contributed by atoms with Gasteiger partial charge in [0.25, 0.3) is 0 Å². The molecule has 0 aromatic heterocycles. The van der Waals surface area contributed by atoms with Crippen molar-refractivity contribution in [3.05, 3.63) is 0 Å². The molecule has 0 saturated carbocycles. The average Bonchev–Trinajstić information content (AvgIpc) is 2.81. The highest BCUT2D eigenvalue weighted by Gasteiger charge is 2.39. The van der Waals surface area contributed by atoms with Crippen molar-refractivity contribution in [2.24, 2.45) is 0 Å². The third kappa shape index (κ3) is 4.14. The maximum absolute atomic E-state index is 11.8. The lowest BCUT2D eigenvalue weighted by molar-refractivity contribution is -0.185. The van der Waals surface area contributed by atoms with Gasteiger partial charge in [0.05, 0.1) is 26.4 Å². The van der Waals surface area contributed by atoms with Crippen LogP contribution in [0, 0.1) is 0 Å². The fraction of sp³-hybridized carbons (Fsp3) is 0.923. The van der Waals surface area contributed by atoms with Crippen LogP contribution in [0.15, 0.2) is 0 Å². The Hall–Kier alpha value is -0.690. The molecule has 2 fully saturated rings. The molecular weight excluding hydrogens is 248 g/mol. The molecule has 0 aromatic rings. The summed E-state index contributed by atoms with van der Waals surface area (Å²) in [5.74, 6) is -0.315. The number of rotatable bonds is 5. The molecule has 2 heterocycles. The number of carbonyl (C=O) groups is 1. The normalized spacial score (nSPS) is 24.5. The molecule has 2 aliphatic heterocycles. The van der Waals surface area contributed by atoms with Gasteiger partial charge in [-0.05, 0) is 6.92 Å². The Morgan fingerprint density at radius 1 is 1.37 bits per heavy atom. The second-order valence-corrected chi connectivity index (χ2v) is 5.31. The third-order valence-electron chi connectivity index (χ3n) is 3.62. The van der Waals surface area contributed by atoms with Crippen LogP contribution in [-0.2, 0) is 19.0 Å². The van der Waals surface area contributed by atoms with Crippen molar-refractivity contribution in [1.29, 1.82) is 0 Å². The maximum atomic E-state index is 11.8. The molecule has 6 nitrogen and oxygen atoms in total. The van der Waals surface area contributed by atoms with E-state index in [2.05, 4.69) is 10.2 Å². The highest BCUT2D eigenvalue weighted by atomic mass is 16.7. The van der Waals surface area contributed by atoms with Gasteiger partial charge in [0, 0.05) is 39.1 Å². The zero-order chi connectivity index (χ0) is 13.7. The standard InChI is InChI=1S/C13H24N2O4/c1-11(10-17-2)14-12(16)9-15-5-3-13(4-6-15)18-7-8-19-13/h11H,3-10H2,1-2H3,(H,14,16). The number of hydrogen-bond donors (Lipinski definition) is 1. The fourth-order valence-corrected chi connectivity index (χ4v) is 2.65. The molecule has 1 unspecified atom stereocenters. The van der Waals surface area contributed by atoms with E-state index in [0.717, 1.165) is 25.9 Å². The first kappa shape index (κ1) is 14.7. The number of amides is 1. The lowest BCUT2D eigenvalue weighted by atomic mass is 10.0. The maximum Gasteiger partial charge on any atom is 0.234 e. The van der Waals surface area contributed by atoms with Gasteiger partial charge in [0.1, 0.15) is 0 Å². The molecule has 0 bridgehead atoms. The predicted octanol–water partition coefficient (Wildman–Crippen LogP) is -0.0236. The second-order valence-electron chi connectivity index (χ2n) is 5.31. The summed E-state index contributed by atoms with van der Waals surface area (Å²) < 4.78 is 16.3. The van der Waals surface area contributed by atoms with Gasteiger partial charge in [-0.2, -0.15) is 0 Å². The molecule has 1 amide bonds. The number of ether oxygens (including phenoxy) is 3. The van der Waals surface area contributed by atoms with E-state index in [1.54, 1.807) is 7.11 Å². The number of methoxy groups -OCH3 is 1. The van der Waals surface area contributed by atoms with Gasteiger partial charge < -0.3 is 19.5 Å². The summed E-state index contributed by atoms with van der Waals surface area (Å²) in [7, 11) is 1.63. The van der Waals surface area contributed by atoms with Crippen LogP contribution in [0.2, 0.25) is 0 Å². The first-order chi connectivity index (χ1) is 9.13. The Labute approximate surface area is 114 Å². The molecule has 2 aliphatic rings. The summed E-state index contributed by atoms with van der Waals surface area (Å²) in [6.07, 6.45) is 1.68. The molecule has 1 spiro atoms. The smallest absolute Gasteiger partial charge is 0.234 e. The largest absolute Gasteiger partial charge is 0.383 e. The predicted molar refractivity (Wildman–Crippen MR) is 69.8 cm³/mol. The number of likely N-dealkylation sites (tertiary alicyclic amines) is 1. The summed E-state index contributed by atoms with van der Waals surface area (Å²) in [5.41, 5.74) is 0. The van der Waals surface area contributed by atoms with Crippen molar-refractivity contribution in [2.75, 3.05) is 46.6 Å². The Morgan fingerprint density at radius 2 is 2.00 bits per heavy atom. The Bertz CT molecular complexity index is 295. The van der Waals surface area contributed by atoms with Crippen LogP contribution in [0.1, 0.15) is 19.8 Å². The number of nitrogens with one attached hydrogen (secondary N) is 1. The van der Waals surface area contributed by atoms with Gasteiger partial charge in [-0.15, -0.1) is 0 Å². The average molecular weight is 272 g/mol. The van der Waals surface area contributed by atoms with E-state index >= 15 is 0 Å². The minimum atomic E-state index is -0.365. The van der Waals surface area contributed by atoms with Gasteiger partial charge in [-0.3, -0.25) is 9.69 Å². The first-order valence-electron chi connectivity index (χ1n) is 6.92. The number of nitrogens with zero attached hydrogens (tertiary/aromatic N) is 1. The first-order valence-corrected chi connectivity index (χ1v) is 6.92. The van der Waals surface area contributed by atoms with Gasteiger partial charge >= 0.3 is 0 Å². The molecule has 6 heteroatoms. The highest BCUT2D eigenvalue weighted by molar-refractivity contribution is 5.78. The minimum Gasteiger partial charge on any atom is -0.383 e. The summed E-state index contributed by atoms with van der Waals surface area (Å²) in [6, 6.07) is 0.0510. The molecule has 0 radical (unpaired) electrons. The van der Waals surface area contributed by atoms with Gasteiger partial charge in [-0.25, -0.2) is 0 Å². The van der Waals surface area contributed by atoms with Crippen LogP contribution in [-0.4, -0.2) is 69.2 Å². The number of carbonyl (C=O) groups excluding carboxylic acids is 1. The van der Waals surface area contributed by atoms with E-state index in [0.29, 0.717) is 26.4 Å². The summed E-state index contributed by atoms with van der Waals surface area (Å²) in [5, 5.41) is 2.92. The van der Waals surface area contributed by atoms with E-state index < -0.39 is 0 Å². The monoisotopic (exact) mass is 272 g/mol. The summed E-state index contributed by atoms with van der Waals surface area (Å²) >= 11 is 0. The summed E-state index contributed by atoms with van der Waals surface area (Å²) in [6.45, 7) is 5.97. The SMILES string of the molecule is COCC(C)NC(=O)CN1CCC2(CC1)OCCO2. The van der Waals surface area contributed by atoms with Crippen LogP contribution in [0.5, 0.6) is 0 Å². The lowest BCUT2D eigenvalue weighted by Gasteiger charge is -2.37. The van der Waals surface area contributed by atoms with Crippen molar-refractivity contribution in [2.45, 2.75) is 31.6 Å². The molecule has 19 heavy (non-hydrogen) atoms. The topological polar surface area (TPSA) is 60.0 Å². The van der Waals surface area contributed by atoms with Gasteiger partial charge in [0.2, 0.25) is 5.91 Å². The van der Waals surface area contributed by atoms with Gasteiger partial charge in [-0.1, -0.05) is 0 Å². The van der Waals surface area contributed by atoms with Crippen LogP contribution in [0.3, 0.4) is 0 Å². The van der Waals surface area contributed by atoms with Crippen LogP contribution in [0.4, 0.5) is 0 Å². The number of hydrogen-bond acceptors (Lipinski definition) is 5. The minimum absolute atomic E-state index is 0.0498. The Morgan fingerprint density at radius 3 is 2.58 bits per heavy atom. The van der Waals surface area contributed by atoms with Crippen LogP contribution in [0.25, 0.3) is 0 Å². The van der Waals surface area contributed by atoms with Gasteiger partial charge in [0.15, 0.2) is 5.79 Å². The zero-order valence-electron chi connectivity index (χ0n) is 11.8. The number of piperidine rings is 1. The third-order valence-corrected chi connectivity index (χ3v) is 3.62. The van der Waals surface area contributed by atoms with Crippen molar-refractivity contribution >= 4 is 5.91 Å². The van der Waals surface area contributed by atoms with Crippen molar-refractivity contribution in [1.82, 2.24) is 10.2 Å². The van der Waals surface area contributed by atoms with Crippen LogP contribution >= 0.6 is 0 Å². The van der Waals surface area contributed by atoms with Crippen LogP contribution < -0.4 is 5.32 Å². The zero-order valence-corrected chi connectivity index (χ0v) is 11.8. The molecule has 2 rings (SSSR count). The molecule has 1 N–H and O–H groups in total. The molecule has 0 aromatic carbocycles. The lowest BCUT2D eigenvalue weighted by Crippen LogP contribution is -2.49. The molecule has 0 aliphatic carbocycles. The fourth-order valence-electron chi connectivity index (χ4n) is 2.65. The molecule has 2 saturated heterocycles. The molecule has 110 valence electrons. The van der Waals surface area contributed by atoms with E-state index in [4.69, 9.17) is 14.2 Å². The quantitative estimate of drug-likeness (QED) is 0.762. The molecule has 1 atom stereocenters. The molecular formula is C13H24N2O4. The van der Waals surface area contributed by atoms with E-state index in [-0.39, 0.29) is 17.7 Å². The highest BCUT2D eigenvalue weighted by Crippen LogP contribution is 2.30. The van der Waals surface area contributed by atoms with Crippen molar-refractivity contribution in [3.63, 3.8) is 0 Å². The Kier molecular flexibility index (Phi) is 5.15. The van der Waals surface area contributed by atoms with Crippen molar-refractivity contribution < 1.29 is 19.0 Å². The van der Waals surface area contributed by atoms with E-state index in [1.165, 1.54) is 0 Å².